The fraction of sp³-hybridized carbons (Fsp3) is 0.571. The summed E-state index contributed by atoms with van der Waals surface area (Å²) in [5.74, 6) is 0.307. The molecule has 1 aromatic carbocycles. The van der Waals surface area contributed by atoms with Gasteiger partial charge in [-0.1, -0.05) is 38.8 Å². The number of halogens is 1. The van der Waals surface area contributed by atoms with Gasteiger partial charge in [0.15, 0.2) is 0 Å². The number of hydrogen-bond donors (Lipinski definition) is 1. The van der Waals surface area contributed by atoms with Crippen molar-refractivity contribution in [2.45, 2.75) is 39.0 Å². The number of nitrogens with zero attached hydrogens (tertiary/aromatic N) is 1. The Hall–Kier alpha value is -0.780. The van der Waals surface area contributed by atoms with E-state index < -0.39 is 10.0 Å². The van der Waals surface area contributed by atoms with Gasteiger partial charge in [-0.2, -0.15) is 4.31 Å². The number of nitrogen functional groups attached to an aromatic ring is 1. The minimum Gasteiger partial charge on any atom is -0.398 e. The van der Waals surface area contributed by atoms with E-state index in [1.807, 2.05) is 20.8 Å². The molecular weight excluding hydrogens is 296 g/mol. The Morgan fingerprint density at radius 1 is 1.35 bits per heavy atom. The smallest absolute Gasteiger partial charge is 0.243 e. The summed E-state index contributed by atoms with van der Waals surface area (Å²) in [7, 11) is -3.56. The molecule has 0 saturated heterocycles. The third kappa shape index (κ3) is 3.65. The van der Waals surface area contributed by atoms with Gasteiger partial charge < -0.3 is 5.73 Å². The largest absolute Gasteiger partial charge is 0.398 e. The minimum atomic E-state index is -3.56. The van der Waals surface area contributed by atoms with Crippen LogP contribution >= 0.6 is 11.6 Å². The van der Waals surface area contributed by atoms with Gasteiger partial charge in [0.25, 0.3) is 0 Å². The lowest BCUT2D eigenvalue weighted by atomic mass is 10.1. The molecule has 0 fully saturated rings. The monoisotopic (exact) mass is 318 g/mol. The molecule has 6 heteroatoms. The molecule has 0 aromatic heterocycles. The first kappa shape index (κ1) is 17.3. The highest BCUT2D eigenvalue weighted by Gasteiger charge is 2.27. The van der Waals surface area contributed by atoms with Crippen LogP contribution in [-0.2, 0) is 10.0 Å². The second-order valence-corrected chi connectivity index (χ2v) is 7.43. The maximum atomic E-state index is 12.8. The van der Waals surface area contributed by atoms with E-state index in [9.17, 15) is 8.42 Å². The summed E-state index contributed by atoms with van der Waals surface area (Å²) in [6.45, 7) is 8.56. The van der Waals surface area contributed by atoms with Crippen LogP contribution in [0.1, 0.15) is 32.8 Å². The van der Waals surface area contributed by atoms with Crippen molar-refractivity contribution in [1.29, 1.82) is 0 Å². The molecule has 0 heterocycles. The Kier molecular flexibility index (Phi) is 5.86. The minimum absolute atomic E-state index is 0.202. The van der Waals surface area contributed by atoms with E-state index in [0.29, 0.717) is 35.3 Å². The number of anilines is 1. The lowest BCUT2D eigenvalue weighted by molar-refractivity contribution is 0.361. The molecule has 0 aliphatic rings. The summed E-state index contributed by atoms with van der Waals surface area (Å²) >= 11 is 5.95. The molecule has 1 atom stereocenters. The molecule has 0 spiro atoms. The summed E-state index contributed by atoms with van der Waals surface area (Å²) in [4.78, 5) is 0.202. The zero-order valence-corrected chi connectivity index (χ0v) is 14.1. The summed E-state index contributed by atoms with van der Waals surface area (Å²) in [5.41, 5.74) is 6.77. The maximum absolute atomic E-state index is 12.8. The average molecular weight is 319 g/mol. The van der Waals surface area contributed by atoms with Gasteiger partial charge in [0, 0.05) is 23.8 Å². The van der Waals surface area contributed by atoms with Crippen LogP contribution in [0.5, 0.6) is 0 Å². The van der Waals surface area contributed by atoms with E-state index in [0.717, 1.165) is 6.42 Å². The van der Waals surface area contributed by atoms with Crippen LogP contribution in [0.15, 0.2) is 17.0 Å². The molecule has 0 aliphatic heterocycles. The van der Waals surface area contributed by atoms with Crippen molar-refractivity contribution in [2.24, 2.45) is 5.92 Å². The van der Waals surface area contributed by atoms with Crippen molar-refractivity contribution in [1.82, 2.24) is 4.31 Å². The summed E-state index contributed by atoms with van der Waals surface area (Å²) in [5, 5.41) is 0.339. The van der Waals surface area contributed by atoms with Gasteiger partial charge in [-0.15, -0.1) is 0 Å². The first-order valence-corrected chi connectivity index (χ1v) is 8.61. The summed E-state index contributed by atoms with van der Waals surface area (Å²) in [6.07, 6.45) is 0.933. The maximum Gasteiger partial charge on any atom is 0.243 e. The second kappa shape index (κ2) is 6.78. The van der Waals surface area contributed by atoms with E-state index in [1.54, 1.807) is 13.0 Å². The Bertz CT molecular complexity index is 573. The van der Waals surface area contributed by atoms with Crippen molar-refractivity contribution < 1.29 is 8.42 Å². The van der Waals surface area contributed by atoms with Crippen LogP contribution in [0.25, 0.3) is 0 Å². The Morgan fingerprint density at radius 3 is 2.45 bits per heavy atom. The standard InChI is InChI=1S/C14H23ClN2O2S/c1-5-10(3)9-17(6-2)20(18,19)14-8-12(15)7-13(16)11(14)4/h7-8,10H,5-6,9,16H2,1-4H3. The lowest BCUT2D eigenvalue weighted by Crippen LogP contribution is -2.35. The number of sulfonamides is 1. The summed E-state index contributed by atoms with van der Waals surface area (Å²) < 4.78 is 27.0. The molecule has 114 valence electrons. The fourth-order valence-electron chi connectivity index (χ4n) is 1.96. The normalized spacial score (nSPS) is 13.7. The van der Waals surface area contributed by atoms with Crippen LogP contribution in [0, 0.1) is 12.8 Å². The van der Waals surface area contributed by atoms with Gasteiger partial charge in [-0.25, -0.2) is 8.42 Å². The first-order valence-electron chi connectivity index (χ1n) is 6.79. The van der Waals surface area contributed by atoms with Gasteiger partial charge >= 0.3 is 0 Å². The van der Waals surface area contributed by atoms with Crippen LogP contribution in [0.2, 0.25) is 5.02 Å². The quantitative estimate of drug-likeness (QED) is 0.819. The molecule has 4 nitrogen and oxygen atoms in total. The van der Waals surface area contributed by atoms with E-state index in [-0.39, 0.29) is 4.90 Å². The number of nitrogens with two attached hydrogens (primary N) is 1. The highest BCUT2D eigenvalue weighted by atomic mass is 35.5. The molecule has 0 radical (unpaired) electrons. The van der Waals surface area contributed by atoms with E-state index >= 15 is 0 Å². The van der Waals surface area contributed by atoms with E-state index in [1.165, 1.54) is 10.4 Å². The van der Waals surface area contributed by atoms with E-state index in [2.05, 4.69) is 0 Å². The van der Waals surface area contributed by atoms with Gasteiger partial charge in [-0.05, 0) is 30.5 Å². The third-order valence-electron chi connectivity index (χ3n) is 3.55. The second-order valence-electron chi connectivity index (χ2n) is 5.09. The van der Waals surface area contributed by atoms with Crippen molar-refractivity contribution in [3.05, 3.63) is 22.7 Å². The van der Waals surface area contributed by atoms with Crippen molar-refractivity contribution in [3.63, 3.8) is 0 Å². The predicted molar refractivity (Wildman–Crippen MR) is 84.5 cm³/mol. The number of rotatable bonds is 6. The van der Waals surface area contributed by atoms with Gasteiger partial charge in [0.1, 0.15) is 0 Å². The van der Waals surface area contributed by atoms with Gasteiger partial charge in [0.05, 0.1) is 4.90 Å². The molecule has 0 saturated carbocycles. The molecule has 2 N–H and O–H groups in total. The topological polar surface area (TPSA) is 63.4 Å². The third-order valence-corrected chi connectivity index (χ3v) is 5.83. The van der Waals surface area contributed by atoms with E-state index in [4.69, 9.17) is 17.3 Å². The molecule has 0 amide bonds. The van der Waals surface area contributed by atoms with Crippen LogP contribution in [0.3, 0.4) is 0 Å². The Labute approximate surface area is 127 Å². The zero-order valence-electron chi connectivity index (χ0n) is 12.5. The van der Waals surface area contributed by atoms with Crippen molar-refractivity contribution in [3.8, 4) is 0 Å². The highest BCUT2D eigenvalue weighted by molar-refractivity contribution is 7.89. The van der Waals surface area contributed by atoms with Crippen LogP contribution < -0.4 is 5.73 Å². The molecular formula is C14H23ClN2O2S. The lowest BCUT2D eigenvalue weighted by Gasteiger charge is -2.24. The zero-order chi connectivity index (χ0) is 15.5. The molecule has 1 unspecified atom stereocenters. The molecule has 0 bridgehead atoms. The average Bonchev–Trinajstić information content (AvgIpc) is 2.39. The molecule has 0 aliphatic carbocycles. The van der Waals surface area contributed by atoms with Crippen LogP contribution in [-0.4, -0.2) is 25.8 Å². The SMILES string of the molecule is CCC(C)CN(CC)S(=O)(=O)c1cc(Cl)cc(N)c1C. The highest BCUT2D eigenvalue weighted by Crippen LogP contribution is 2.28. The van der Waals surface area contributed by atoms with Gasteiger partial charge in [-0.3, -0.25) is 0 Å². The molecule has 1 aromatic rings. The predicted octanol–water partition coefficient (Wildman–Crippen LogP) is 3.29. The van der Waals surface area contributed by atoms with Crippen molar-refractivity contribution in [2.75, 3.05) is 18.8 Å². The van der Waals surface area contributed by atoms with Crippen LogP contribution in [0.4, 0.5) is 5.69 Å². The Balaban J connectivity index is 3.27. The summed E-state index contributed by atoms with van der Waals surface area (Å²) in [6, 6.07) is 3.04. The molecule has 20 heavy (non-hydrogen) atoms. The molecule has 1 rings (SSSR count). The van der Waals surface area contributed by atoms with Gasteiger partial charge in [0.2, 0.25) is 10.0 Å². The number of hydrogen-bond acceptors (Lipinski definition) is 3. The van der Waals surface area contributed by atoms with Crippen molar-refractivity contribution >= 4 is 27.3 Å². The Morgan fingerprint density at radius 2 is 1.95 bits per heavy atom. The number of benzene rings is 1. The fourth-order valence-corrected chi connectivity index (χ4v) is 4.10. The first-order chi connectivity index (χ1) is 9.23.